The number of aliphatic hydroxyl groups excluding tert-OH is 1. The van der Waals surface area contributed by atoms with E-state index >= 15 is 0 Å². The van der Waals surface area contributed by atoms with Crippen LogP contribution in [-0.4, -0.2) is 27.4 Å². The summed E-state index contributed by atoms with van der Waals surface area (Å²) in [5, 5.41) is 12.1. The van der Waals surface area contributed by atoms with E-state index in [0.717, 1.165) is 5.75 Å². The van der Waals surface area contributed by atoms with E-state index in [-0.39, 0.29) is 18.7 Å². The Labute approximate surface area is 165 Å². The van der Waals surface area contributed by atoms with Crippen molar-refractivity contribution in [3.63, 3.8) is 0 Å². The molecule has 1 atom stereocenters. The van der Waals surface area contributed by atoms with Gasteiger partial charge in [-0.1, -0.05) is 18.2 Å². The van der Waals surface area contributed by atoms with Crippen molar-refractivity contribution in [1.82, 2.24) is 9.55 Å². The number of para-hydroxylation sites is 1. The molecule has 1 N–H and O–H groups in total. The number of aromatic nitrogens is 2. The molecular formula is C21H18N2O4S. The van der Waals surface area contributed by atoms with E-state index in [2.05, 4.69) is 4.98 Å². The lowest BCUT2D eigenvalue weighted by Crippen LogP contribution is -2.30. The molecule has 7 heteroatoms. The van der Waals surface area contributed by atoms with Crippen molar-refractivity contribution in [1.29, 1.82) is 0 Å². The zero-order valence-corrected chi connectivity index (χ0v) is 15.7. The first-order valence-electron chi connectivity index (χ1n) is 8.75. The second kappa shape index (κ2) is 8.24. The van der Waals surface area contributed by atoms with Crippen LogP contribution in [0.1, 0.15) is 0 Å². The number of hydrogen-bond acceptors (Lipinski definition) is 6. The molecule has 4 rings (SSSR count). The van der Waals surface area contributed by atoms with Gasteiger partial charge in [-0.25, -0.2) is 4.98 Å². The van der Waals surface area contributed by atoms with Crippen LogP contribution in [0, 0.1) is 0 Å². The molecule has 0 aliphatic rings. The average Bonchev–Trinajstić information content (AvgIpc) is 3.20. The second-order valence-corrected chi connectivity index (χ2v) is 7.10. The fourth-order valence-corrected chi connectivity index (χ4v) is 3.50. The Morgan fingerprint density at radius 3 is 2.50 bits per heavy atom. The van der Waals surface area contributed by atoms with Crippen LogP contribution in [-0.2, 0) is 6.54 Å². The van der Waals surface area contributed by atoms with Crippen molar-refractivity contribution in [3.8, 4) is 17.2 Å². The number of hydrogen-bond donors (Lipinski definition) is 1. The molecule has 0 fully saturated rings. The fraction of sp³-hybridized carbons (Fsp3) is 0.143. The van der Waals surface area contributed by atoms with Crippen LogP contribution in [0.3, 0.4) is 0 Å². The first kappa shape index (κ1) is 18.2. The van der Waals surface area contributed by atoms with Crippen molar-refractivity contribution >= 4 is 21.6 Å². The molecule has 0 saturated carbocycles. The number of nitrogens with zero attached hydrogens (tertiary/aromatic N) is 2. The lowest BCUT2D eigenvalue weighted by atomic mass is 10.3. The molecule has 4 aromatic rings. The zero-order valence-electron chi connectivity index (χ0n) is 14.9. The molecule has 0 bridgehead atoms. The van der Waals surface area contributed by atoms with Gasteiger partial charge in [0.15, 0.2) is 0 Å². The molecule has 6 nitrogen and oxygen atoms in total. The highest BCUT2D eigenvalue weighted by molar-refractivity contribution is 7.17. The van der Waals surface area contributed by atoms with Crippen LogP contribution in [0.2, 0.25) is 0 Å². The van der Waals surface area contributed by atoms with Crippen LogP contribution < -0.4 is 15.0 Å². The fourth-order valence-electron chi connectivity index (χ4n) is 2.71. The summed E-state index contributed by atoms with van der Waals surface area (Å²) in [5.41, 5.74) is 0.524. The topological polar surface area (TPSA) is 73.6 Å². The van der Waals surface area contributed by atoms with E-state index in [1.165, 1.54) is 22.2 Å². The van der Waals surface area contributed by atoms with Crippen LogP contribution in [0.4, 0.5) is 0 Å². The SMILES string of the molecule is O=c1c2sccc2ncn1CC(O)COc1ccc(Oc2ccccc2)cc1. The lowest BCUT2D eigenvalue weighted by Gasteiger charge is -2.14. The normalized spacial score (nSPS) is 12.0. The molecule has 2 aromatic heterocycles. The molecule has 28 heavy (non-hydrogen) atoms. The Balaban J connectivity index is 1.33. The number of fused-ring (bicyclic) bond motifs is 1. The highest BCUT2D eigenvalue weighted by atomic mass is 32.1. The minimum absolute atomic E-state index is 0.0633. The minimum atomic E-state index is -0.836. The Morgan fingerprint density at radius 2 is 1.71 bits per heavy atom. The number of thiophene rings is 1. The third-order valence-corrected chi connectivity index (χ3v) is 4.98. The third kappa shape index (κ3) is 4.21. The monoisotopic (exact) mass is 394 g/mol. The van der Waals surface area contributed by atoms with Crippen molar-refractivity contribution < 1.29 is 14.6 Å². The number of rotatable bonds is 7. The van der Waals surface area contributed by atoms with Gasteiger partial charge in [-0.2, -0.15) is 0 Å². The van der Waals surface area contributed by atoms with E-state index in [4.69, 9.17) is 9.47 Å². The standard InChI is InChI=1S/C21H18N2O4S/c24-15(12-23-14-22-19-10-11-28-20(19)21(23)25)13-26-16-6-8-18(9-7-16)27-17-4-2-1-3-5-17/h1-11,14-15,24H,12-13H2. The zero-order chi connectivity index (χ0) is 19.3. The number of aliphatic hydroxyl groups is 1. The summed E-state index contributed by atoms with van der Waals surface area (Å²) in [5.74, 6) is 2.06. The van der Waals surface area contributed by atoms with Gasteiger partial charge in [0.1, 0.15) is 34.7 Å². The van der Waals surface area contributed by atoms with Crippen LogP contribution in [0.25, 0.3) is 10.2 Å². The van der Waals surface area contributed by atoms with Gasteiger partial charge >= 0.3 is 0 Å². The molecule has 0 saturated heterocycles. The molecule has 0 radical (unpaired) electrons. The van der Waals surface area contributed by atoms with Gasteiger partial charge in [-0.15, -0.1) is 11.3 Å². The smallest absolute Gasteiger partial charge is 0.271 e. The predicted octanol–water partition coefficient (Wildman–Crippen LogP) is 3.69. The van der Waals surface area contributed by atoms with Gasteiger partial charge in [-0.3, -0.25) is 9.36 Å². The minimum Gasteiger partial charge on any atom is -0.491 e. The van der Waals surface area contributed by atoms with E-state index in [1.807, 2.05) is 35.7 Å². The predicted molar refractivity (Wildman–Crippen MR) is 108 cm³/mol. The summed E-state index contributed by atoms with van der Waals surface area (Å²) < 4.78 is 13.3. The van der Waals surface area contributed by atoms with Gasteiger partial charge in [0.05, 0.1) is 18.4 Å². The quantitative estimate of drug-likeness (QED) is 0.518. The number of ether oxygens (including phenoxy) is 2. The summed E-state index contributed by atoms with van der Waals surface area (Å²) in [6.45, 7) is 0.183. The molecule has 2 heterocycles. The van der Waals surface area contributed by atoms with Crippen molar-refractivity contribution in [2.75, 3.05) is 6.61 Å². The third-order valence-electron chi connectivity index (χ3n) is 4.09. The molecule has 142 valence electrons. The molecule has 2 aromatic carbocycles. The first-order valence-corrected chi connectivity index (χ1v) is 9.63. The number of benzene rings is 2. The maximum atomic E-state index is 12.4. The summed E-state index contributed by atoms with van der Waals surface area (Å²) >= 11 is 1.35. The maximum absolute atomic E-state index is 12.4. The van der Waals surface area contributed by atoms with E-state index in [1.54, 1.807) is 30.3 Å². The molecule has 0 spiro atoms. The summed E-state index contributed by atoms with van der Waals surface area (Å²) in [6.07, 6.45) is 0.619. The second-order valence-electron chi connectivity index (χ2n) is 6.19. The van der Waals surface area contributed by atoms with Gasteiger partial charge in [-0.05, 0) is 47.8 Å². The van der Waals surface area contributed by atoms with Crippen molar-refractivity contribution in [2.24, 2.45) is 0 Å². The van der Waals surface area contributed by atoms with Crippen LogP contribution >= 0.6 is 11.3 Å². The van der Waals surface area contributed by atoms with Crippen molar-refractivity contribution in [3.05, 3.63) is 82.7 Å². The molecule has 0 aliphatic carbocycles. The largest absolute Gasteiger partial charge is 0.491 e. The Morgan fingerprint density at radius 1 is 1.00 bits per heavy atom. The average molecular weight is 394 g/mol. The van der Waals surface area contributed by atoms with E-state index < -0.39 is 6.10 Å². The van der Waals surface area contributed by atoms with Gasteiger partial charge < -0.3 is 14.6 Å². The van der Waals surface area contributed by atoms with Gasteiger partial charge in [0, 0.05) is 0 Å². The Kier molecular flexibility index (Phi) is 5.36. The van der Waals surface area contributed by atoms with E-state index in [0.29, 0.717) is 21.7 Å². The van der Waals surface area contributed by atoms with Gasteiger partial charge in [0.2, 0.25) is 0 Å². The molecule has 0 aliphatic heterocycles. The molecule has 0 amide bonds. The lowest BCUT2D eigenvalue weighted by molar-refractivity contribution is 0.0915. The summed E-state index contributed by atoms with van der Waals surface area (Å²) in [4.78, 5) is 16.6. The van der Waals surface area contributed by atoms with Crippen LogP contribution in [0.15, 0.2) is 77.2 Å². The van der Waals surface area contributed by atoms with E-state index in [9.17, 15) is 9.90 Å². The van der Waals surface area contributed by atoms with Gasteiger partial charge in [0.25, 0.3) is 5.56 Å². The maximum Gasteiger partial charge on any atom is 0.271 e. The Hall–Kier alpha value is -3.16. The van der Waals surface area contributed by atoms with Crippen molar-refractivity contribution in [2.45, 2.75) is 12.6 Å². The molecule has 1 unspecified atom stereocenters. The van der Waals surface area contributed by atoms with Crippen LogP contribution in [0.5, 0.6) is 17.2 Å². The highest BCUT2D eigenvalue weighted by Gasteiger charge is 2.11. The molecular weight excluding hydrogens is 376 g/mol. The first-order chi connectivity index (χ1) is 13.7. The highest BCUT2D eigenvalue weighted by Crippen LogP contribution is 2.23. The summed E-state index contributed by atoms with van der Waals surface area (Å²) in [6, 6.07) is 18.5. The Bertz CT molecular complexity index is 1110. The summed E-state index contributed by atoms with van der Waals surface area (Å²) in [7, 11) is 0.